The molecule has 3 heterocycles. The van der Waals surface area contributed by atoms with Gasteiger partial charge in [0.15, 0.2) is 5.65 Å². The molecular formula is C21H18N4O3S. The van der Waals surface area contributed by atoms with Crippen molar-refractivity contribution in [1.29, 1.82) is 0 Å². The maximum atomic E-state index is 13.1. The van der Waals surface area contributed by atoms with Crippen LogP contribution < -0.4 is 5.32 Å². The number of esters is 1. The molecule has 1 N–H and O–H groups in total. The highest BCUT2D eigenvalue weighted by atomic mass is 32.1. The molecule has 7 nitrogen and oxygen atoms in total. The second kappa shape index (κ2) is 7.84. The molecule has 0 fully saturated rings. The van der Waals surface area contributed by atoms with E-state index in [0.717, 1.165) is 10.6 Å². The highest BCUT2D eigenvalue weighted by Crippen LogP contribution is 2.28. The fourth-order valence-electron chi connectivity index (χ4n) is 3.02. The van der Waals surface area contributed by atoms with Crippen molar-refractivity contribution in [1.82, 2.24) is 14.8 Å². The number of amides is 1. The summed E-state index contributed by atoms with van der Waals surface area (Å²) in [6.45, 7) is 2.63. The molecule has 0 aliphatic rings. The quantitative estimate of drug-likeness (QED) is 0.502. The molecule has 4 aromatic rings. The fraction of sp³-hybridized carbons (Fsp3) is 0.143. The van der Waals surface area contributed by atoms with Crippen LogP contribution >= 0.6 is 11.3 Å². The molecule has 8 heteroatoms. The molecule has 1 amide bonds. The Labute approximate surface area is 171 Å². The van der Waals surface area contributed by atoms with Gasteiger partial charge in [0.05, 0.1) is 40.4 Å². The Kier molecular flexibility index (Phi) is 5.09. The van der Waals surface area contributed by atoms with Gasteiger partial charge < -0.3 is 10.1 Å². The number of ether oxygens (including phenoxy) is 1. The molecule has 146 valence electrons. The van der Waals surface area contributed by atoms with Crippen LogP contribution in [0.2, 0.25) is 0 Å². The van der Waals surface area contributed by atoms with Crippen LogP contribution in [0.1, 0.15) is 27.6 Å². The van der Waals surface area contributed by atoms with Gasteiger partial charge in [-0.15, -0.1) is 11.3 Å². The summed E-state index contributed by atoms with van der Waals surface area (Å²) >= 11 is 1.56. The van der Waals surface area contributed by atoms with Gasteiger partial charge in [0, 0.05) is 12.2 Å². The van der Waals surface area contributed by atoms with Crippen LogP contribution in [0.15, 0.2) is 54.0 Å². The van der Waals surface area contributed by atoms with E-state index in [0.29, 0.717) is 34.4 Å². The molecule has 4 rings (SSSR count). The third-order valence-electron chi connectivity index (χ3n) is 4.49. The standard InChI is InChI=1S/C21H18N4O3S/c1-3-25-19-16(12-22-25)15(11-17(24-19)18-5-4-10-29-18)20(26)23-14-8-6-13(7-9-14)21(27)28-2/h4-12H,3H2,1-2H3,(H,23,26). The predicted molar refractivity (Wildman–Crippen MR) is 112 cm³/mol. The highest BCUT2D eigenvalue weighted by molar-refractivity contribution is 7.13. The Morgan fingerprint density at radius 1 is 1.21 bits per heavy atom. The van der Waals surface area contributed by atoms with Gasteiger partial charge in [-0.3, -0.25) is 4.79 Å². The Morgan fingerprint density at radius 2 is 2.00 bits per heavy atom. The summed E-state index contributed by atoms with van der Waals surface area (Å²) in [7, 11) is 1.33. The second-order valence-corrected chi connectivity index (χ2v) is 7.20. The monoisotopic (exact) mass is 406 g/mol. The lowest BCUT2D eigenvalue weighted by molar-refractivity contribution is 0.0600. The Morgan fingerprint density at radius 3 is 2.66 bits per heavy atom. The summed E-state index contributed by atoms with van der Waals surface area (Å²) in [6.07, 6.45) is 1.67. The van der Waals surface area contributed by atoms with E-state index in [1.807, 2.05) is 24.4 Å². The maximum Gasteiger partial charge on any atom is 0.337 e. The van der Waals surface area contributed by atoms with Crippen LogP contribution in [-0.2, 0) is 11.3 Å². The van der Waals surface area contributed by atoms with Crippen molar-refractivity contribution in [2.45, 2.75) is 13.5 Å². The van der Waals surface area contributed by atoms with Crippen LogP contribution in [0.3, 0.4) is 0 Å². The third kappa shape index (κ3) is 3.62. The number of aryl methyl sites for hydroxylation is 1. The Bertz CT molecular complexity index is 1180. The van der Waals surface area contributed by atoms with E-state index in [-0.39, 0.29) is 5.91 Å². The van der Waals surface area contributed by atoms with Crippen molar-refractivity contribution in [2.75, 3.05) is 12.4 Å². The predicted octanol–water partition coefficient (Wildman–Crippen LogP) is 4.22. The van der Waals surface area contributed by atoms with Gasteiger partial charge in [-0.1, -0.05) is 6.07 Å². The lowest BCUT2D eigenvalue weighted by Gasteiger charge is -2.09. The lowest BCUT2D eigenvalue weighted by atomic mass is 10.1. The maximum absolute atomic E-state index is 13.1. The number of fused-ring (bicyclic) bond motifs is 1. The number of benzene rings is 1. The Hall–Kier alpha value is -3.52. The molecule has 0 unspecified atom stereocenters. The molecule has 3 aromatic heterocycles. The summed E-state index contributed by atoms with van der Waals surface area (Å²) in [4.78, 5) is 30.3. The molecular weight excluding hydrogens is 388 g/mol. The summed E-state index contributed by atoms with van der Waals surface area (Å²) in [5, 5.41) is 9.90. The molecule has 0 radical (unpaired) electrons. The van der Waals surface area contributed by atoms with Crippen molar-refractivity contribution in [3.05, 3.63) is 65.2 Å². The zero-order valence-electron chi connectivity index (χ0n) is 15.9. The normalized spacial score (nSPS) is 10.8. The molecule has 0 bridgehead atoms. The van der Waals surface area contributed by atoms with Gasteiger partial charge in [-0.2, -0.15) is 5.10 Å². The zero-order chi connectivity index (χ0) is 20.4. The molecule has 29 heavy (non-hydrogen) atoms. The summed E-state index contributed by atoms with van der Waals surface area (Å²) in [5.41, 5.74) is 2.89. The van der Waals surface area contributed by atoms with Gasteiger partial charge in [-0.05, 0) is 48.7 Å². The van der Waals surface area contributed by atoms with Crippen molar-refractivity contribution in [2.24, 2.45) is 0 Å². The van der Waals surface area contributed by atoms with Gasteiger partial charge in [0.2, 0.25) is 0 Å². The Balaban J connectivity index is 1.71. The van der Waals surface area contributed by atoms with Gasteiger partial charge in [-0.25, -0.2) is 14.5 Å². The molecule has 1 aromatic carbocycles. The largest absolute Gasteiger partial charge is 0.465 e. The fourth-order valence-corrected chi connectivity index (χ4v) is 3.71. The third-order valence-corrected chi connectivity index (χ3v) is 5.38. The number of thiophene rings is 1. The first-order chi connectivity index (χ1) is 14.1. The van der Waals surface area contributed by atoms with E-state index >= 15 is 0 Å². The number of aromatic nitrogens is 3. The van der Waals surface area contributed by atoms with Gasteiger partial charge >= 0.3 is 5.97 Å². The second-order valence-electron chi connectivity index (χ2n) is 6.25. The average molecular weight is 406 g/mol. The van der Waals surface area contributed by atoms with Crippen molar-refractivity contribution in [3.63, 3.8) is 0 Å². The summed E-state index contributed by atoms with van der Waals surface area (Å²) in [5.74, 6) is -0.692. The first-order valence-electron chi connectivity index (χ1n) is 9.01. The molecule has 0 saturated heterocycles. The minimum absolute atomic E-state index is 0.267. The van der Waals surface area contributed by atoms with Crippen LogP contribution in [0.4, 0.5) is 5.69 Å². The molecule has 0 atom stereocenters. The number of nitrogens with one attached hydrogen (secondary N) is 1. The number of methoxy groups -OCH3 is 1. The number of hydrogen-bond acceptors (Lipinski definition) is 6. The van der Waals surface area contributed by atoms with E-state index < -0.39 is 5.97 Å². The number of nitrogens with zero attached hydrogens (tertiary/aromatic N) is 3. The smallest absolute Gasteiger partial charge is 0.337 e. The number of anilines is 1. The number of rotatable bonds is 5. The van der Waals surface area contributed by atoms with Crippen LogP contribution in [0, 0.1) is 0 Å². The van der Waals surface area contributed by atoms with Crippen molar-refractivity contribution < 1.29 is 14.3 Å². The number of pyridine rings is 1. The number of hydrogen-bond donors (Lipinski definition) is 1. The van der Waals surface area contributed by atoms with E-state index in [2.05, 4.69) is 10.4 Å². The van der Waals surface area contributed by atoms with Crippen molar-refractivity contribution >= 4 is 39.9 Å². The van der Waals surface area contributed by atoms with Gasteiger partial charge in [0.1, 0.15) is 0 Å². The minimum atomic E-state index is -0.425. The van der Waals surface area contributed by atoms with Crippen LogP contribution in [-0.4, -0.2) is 33.8 Å². The van der Waals surface area contributed by atoms with Crippen molar-refractivity contribution in [3.8, 4) is 10.6 Å². The van der Waals surface area contributed by atoms with Crippen LogP contribution in [0.5, 0.6) is 0 Å². The highest BCUT2D eigenvalue weighted by Gasteiger charge is 2.18. The zero-order valence-corrected chi connectivity index (χ0v) is 16.7. The van der Waals surface area contributed by atoms with Crippen LogP contribution in [0.25, 0.3) is 21.6 Å². The molecule has 0 aliphatic carbocycles. The molecule has 0 aliphatic heterocycles. The molecule has 0 saturated carbocycles. The average Bonchev–Trinajstić information content (AvgIpc) is 3.42. The first-order valence-corrected chi connectivity index (χ1v) is 9.89. The lowest BCUT2D eigenvalue weighted by Crippen LogP contribution is -2.13. The topological polar surface area (TPSA) is 86.1 Å². The molecule has 0 spiro atoms. The number of carbonyl (C=O) groups is 2. The van der Waals surface area contributed by atoms with Gasteiger partial charge in [0.25, 0.3) is 5.91 Å². The SMILES string of the molecule is CCn1ncc2c(C(=O)Nc3ccc(C(=O)OC)cc3)cc(-c3cccs3)nc21. The van der Waals surface area contributed by atoms with E-state index in [1.165, 1.54) is 7.11 Å². The summed E-state index contributed by atoms with van der Waals surface area (Å²) in [6, 6.07) is 12.3. The minimum Gasteiger partial charge on any atom is -0.465 e. The summed E-state index contributed by atoms with van der Waals surface area (Å²) < 4.78 is 6.47. The van der Waals surface area contributed by atoms with E-state index in [4.69, 9.17) is 9.72 Å². The van der Waals surface area contributed by atoms with E-state index in [9.17, 15) is 9.59 Å². The number of carbonyl (C=O) groups excluding carboxylic acids is 2. The van der Waals surface area contributed by atoms with E-state index in [1.54, 1.807) is 52.5 Å². The first kappa shape index (κ1) is 18.8.